The van der Waals surface area contributed by atoms with Crippen LogP contribution in [0.4, 0.5) is 34.1 Å². The van der Waals surface area contributed by atoms with Crippen LogP contribution in [0.2, 0.25) is 0 Å². The first-order chi connectivity index (χ1) is 20.9. The number of aromatic hydroxyl groups is 1. The van der Waals surface area contributed by atoms with Gasteiger partial charge < -0.3 is 31.1 Å². The highest BCUT2D eigenvalue weighted by atomic mass is 16.5. The third-order valence-corrected chi connectivity index (χ3v) is 6.82. The van der Waals surface area contributed by atoms with E-state index in [0.29, 0.717) is 39.3 Å². The van der Waals surface area contributed by atoms with E-state index in [9.17, 15) is 14.7 Å². The number of fused-ring (bicyclic) bond motifs is 2. The summed E-state index contributed by atoms with van der Waals surface area (Å²) in [6.45, 7) is 3.85. The second kappa shape index (κ2) is 11.4. The number of azo groups is 1. The lowest BCUT2D eigenvalue weighted by atomic mass is 10.0. The smallest absolute Gasteiger partial charge is 0.259 e. The van der Waals surface area contributed by atoms with Crippen LogP contribution in [0.3, 0.4) is 0 Å². The topological polar surface area (TPSA) is 136 Å². The van der Waals surface area contributed by atoms with Gasteiger partial charge in [-0.05, 0) is 60.0 Å². The van der Waals surface area contributed by atoms with Crippen LogP contribution in [-0.4, -0.2) is 24.0 Å². The van der Waals surface area contributed by atoms with Gasteiger partial charge in [-0.15, -0.1) is 10.2 Å². The minimum atomic E-state index is -0.526. The van der Waals surface area contributed by atoms with Crippen molar-refractivity contribution in [2.24, 2.45) is 10.2 Å². The number of hydrogen-bond acceptors (Lipinski definition) is 8. The third kappa shape index (κ3) is 5.57. The van der Waals surface area contributed by atoms with Crippen LogP contribution in [0.5, 0.6) is 11.5 Å². The van der Waals surface area contributed by atoms with Crippen LogP contribution in [0, 0.1) is 0 Å². The highest BCUT2D eigenvalue weighted by Gasteiger charge is 2.20. The van der Waals surface area contributed by atoms with E-state index in [0.717, 1.165) is 11.4 Å². The normalized spacial score (nSPS) is 12.0. The fraction of sp³-hybridized carbons (Fsp3) is 0.0303. The number of hydrogen-bond donors (Lipinski definition) is 5. The lowest BCUT2D eigenvalue weighted by Crippen LogP contribution is -2.12. The molecule has 5 N–H and O–H groups in total. The Balaban J connectivity index is 1.33. The Hall–Kier alpha value is -6.16. The number of rotatable bonds is 7. The summed E-state index contributed by atoms with van der Waals surface area (Å²) in [5, 5.41) is 33.1. The minimum Gasteiger partial charge on any atom is -0.505 e. The lowest BCUT2D eigenvalue weighted by molar-refractivity contribution is 0.101. The summed E-state index contributed by atoms with van der Waals surface area (Å²) in [7, 11) is 1.48. The molecule has 43 heavy (non-hydrogen) atoms. The zero-order valence-corrected chi connectivity index (χ0v) is 23.0. The Morgan fingerprint density at radius 3 is 2.35 bits per heavy atom. The zero-order valence-electron chi connectivity index (χ0n) is 23.0. The predicted molar refractivity (Wildman–Crippen MR) is 168 cm³/mol. The second-order valence-corrected chi connectivity index (χ2v) is 9.69. The van der Waals surface area contributed by atoms with Gasteiger partial charge in [0.15, 0.2) is 5.75 Å². The molecule has 0 saturated carbocycles. The molecule has 5 aromatic rings. The van der Waals surface area contributed by atoms with Crippen molar-refractivity contribution >= 4 is 56.7 Å². The van der Waals surface area contributed by atoms with Gasteiger partial charge in [-0.3, -0.25) is 9.59 Å². The first kappa shape index (κ1) is 27.0. The Kier molecular flexibility index (Phi) is 7.15. The van der Waals surface area contributed by atoms with Crippen molar-refractivity contribution in [1.82, 2.24) is 0 Å². The molecule has 1 aliphatic rings. The summed E-state index contributed by atoms with van der Waals surface area (Å²) in [5.41, 5.74) is 3.51. The Labute approximate surface area is 246 Å². The van der Waals surface area contributed by atoms with Crippen molar-refractivity contribution in [3.05, 3.63) is 121 Å². The quantitative estimate of drug-likeness (QED) is 0.127. The molecule has 10 heteroatoms. The van der Waals surface area contributed by atoms with E-state index in [2.05, 4.69) is 38.1 Å². The molecule has 6 rings (SSSR count). The van der Waals surface area contributed by atoms with E-state index in [1.165, 1.54) is 7.11 Å². The van der Waals surface area contributed by atoms with Gasteiger partial charge in [0.2, 0.25) is 0 Å². The summed E-state index contributed by atoms with van der Waals surface area (Å²) >= 11 is 0. The van der Waals surface area contributed by atoms with Crippen LogP contribution < -0.4 is 26.0 Å². The standard InChI is InChI=1S/C33H26N6O4/c1-19-34-26-14-13-23(18-27(26)35-19)37-33(42)25-16-20-8-6-7-11-24(20)30(31(25)40)39-38-28-17-21(12-15-29(28)43-2)32(41)36-22-9-4-3-5-10-22/h3-18,34-35,40H,1H2,2H3,(H,36,41)(H,37,42). The number of carbonyl (C=O) groups is 2. The molecular formula is C33H26N6O4. The number of carbonyl (C=O) groups excluding carboxylic acids is 2. The molecule has 5 aromatic carbocycles. The van der Waals surface area contributed by atoms with E-state index in [1.54, 1.807) is 60.7 Å². The van der Waals surface area contributed by atoms with Crippen molar-refractivity contribution in [3.8, 4) is 11.5 Å². The van der Waals surface area contributed by atoms with Crippen LogP contribution in [-0.2, 0) is 0 Å². The van der Waals surface area contributed by atoms with Crippen molar-refractivity contribution in [2.45, 2.75) is 0 Å². The number of ether oxygens (including phenoxy) is 1. The molecule has 0 atom stereocenters. The van der Waals surface area contributed by atoms with Gasteiger partial charge in [-0.25, -0.2) is 0 Å². The van der Waals surface area contributed by atoms with Crippen LogP contribution in [0.1, 0.15) is 20.7 Å². The molecule has 0 unspecified atom stereocenters. The van der Waals surface area contributed by atoms with E-state index < -0.39 is 5.91 Å². The van der Waals surface area contributed by atoms with Crippen molar-refractivity contribution in [2.75, 3.05) is 28.4 Å². The summed E-state index contributed by atoms with van der Waals surface area (Å²) in [6.07, 6.45) is 0. The van der Waals surface area contributed by atoms with Crippen molar-refractivity contribution in [1.29, 1.82) is 0 Å². The van der Waals surface area contributed by atoms with Gasteiger partial charge in [0, 0.05) is 22.3 Å². The number of anilines is 4. The molecule has 1 aliphatic heterocycles. The number of para-hydroxylation sites is 1. The van der Waals surface area contributed by atoms with Gasteiger partial charge in [0.25, 0.3) is 11.8 Å². The molecule has 0 saturated heterocycles. The fourth-order valence-corrected chi connectivity index (χ4v) is 4.72. The monoisotopic (exact) mass is 570 g/mol. The number of phenols is 1. The summed E-state index contributed by atoms with van der Waals surface area (Å²) in [5.74, 6) is -0.188. The predicted octanol–water partition coefficient (Wildman–Crippen LogP) is 7.78. The average Bonchev–Trinajstić information content (AvgIpc) is 3.40. The van der Waals surface area contributed by atoms with Gasteiger partial charge >= 0.3 is 0 Å². The maximum Gasteiger partial charge on any atom is 0.259 e. The molecule has 2 amide bonds. The number of benzene rings is 5. The van der Waals surface area contributed by atoms with E-state index in [4.69, 9.17) is 4.74 Å². The fourth-order valence-electron chi connectivity index (χ4n) is 4.72. The minimum absolute atomic E-state index is 0.0200. The van der Waals surface area contributed by atoms with Crippen molar-refractivity contribution in [3.63, 3.8) is 0 Å². The number of methoxy groups -OCH3 is 1. The Morgan fingerprint density at radius 2 is 1.53 bits per heavy atom. The van der Waals surface area contributed by atoms with Crippen LogP contribution in [0.15, 0.2) is 120 Å². The molecule has 10 nitrogen and oxygen atoms in total. The Morgan fingerprint density at radius 1 is 0.791 bits per heavy atom. The molecule has 1 heterocycles. The van der Waals surface area contributed by atoms with E-state index >= 15 is 0 Å². The first-order valence-electron chi connectivity index (χ1n) is 13.3. The molecule has 0 fully saturated rings. The highest BCUT2D eigenvalue weighted by Crippen LogP contribution is 2.41. The van der Waals surface area contributed by atoms with Gasteiger partial charge in [0.05, 0.1) is 24.0 Å². The molecule has 0 spiro atoms. The second-order valence-electron chi connectivity index (χ2n) is 9.69. The third-order valence-electron chi connectivity index (χ3n) is 6.82. The maximum atomic E-state index is 13.4. The molecule has 0 bridgehead atoms. The van der Waals surface area contributed by atoms with Gasteiger partial charge in [0.1, 0.15) is 22.9 Å². The van der Waals surface area contributed by atoms with Crippen molar-refractivity contribution < 1.29 is 19.4 Å². The summed E-state index contributed by atoms with van der Waals surface area (Å²) in [6, 6.07) is 28.0. The molecular weight excluding hydrogens is 544 g/mol. The van der Waals surface area contributed by atoms with Crippen LogP contribution >= 0.6 is 0 Å². The molecule has 212 valence electrons. The van der Waals surface area contributed by atoms with E-state index in [1.807, 2.05) is 36.4 Å². The maximum absolute atomic E-state index is 13.4. The largest absolute Gasteiger partial charge is 0.505 e. The first-order valence-corrected chi connectivity index (χ1v) is 13.3. The number of nitrogens with zero attached hydrogens (tertiary/aromatic N) is 2. The average molecular weight is 571 g/mol. The van der Waals surface area contributed by atoms with Crippen LogP contribution in [0.25, 0.3) is 10.8 Å². The molecule has 0 aliphatic carbocycles. The van der Waals surface area contributed by atoms with Gasteiger partial charge in [-0.1, -0.05) is 49.0 Å². The Bertz CT molecular complexity index is 1940. The highest BCUT2D eigenvalue weighted by molar-refractivity contribution is 6.12. The molecule has 0 aromatic heterocycles. The molecule has 0 radical (unpaired) electrons. The lowest BCUT2D eigenvalue weighted by Gasteiger charge is -2.12. The van der Waals surface area contributed by atoms with Gasteiger partial charge in [-0.2, -0.15) is 0 Å². The SMILES string of the molecule is C=C1Nc2ccc(NC(=O)c3cc4ccccc4c(N=Nc4cc(C(=O)Nc5ccccc5)ccc4OC)c3O)cc2N1. The van der Waals surface area contributed by atoms with E-state index in [-0.39, 0.29) is 28.6 Å². The number of amides is 2. The number of phenolic OH excluding ortho intramolecular Hbond substituents is 1. The summed E-state index contributed by atoms with van der Waals surface area (Å²) in [4.78, 5) is 26.3. The number of nitrogens with one attached hydrogen (secondary N) is 4. The summed E-state index contributed by atoms with van der Waals surface area (Å²) < 4.78 is 5.44. The zero-order chi connectivity index (χ0) is 29.9.